The molecule has 0 fully saturated rings. The summed E-state index contributed by atoms with van der Waals surface area (Å²) in [5.41, 5.74) is 1.29. The highest BCUT2D eigenvalue weighted by atomic mass is 32.2. The van der Waals surface area contributed by atoms with Crippen molar-refractivity contribution in [1.29, 1.82) is 0 Å². The average Bonchev–Trinajstić information content (AvgIpc) is 3.37. The Morgan fingerprint density at radius 3 is 2.59 bits per heavy atom. The second kappa shape index (κ2) is 7.55. The van der Waals surface area contributed by atoms with Crippen molar-refractivity contribution in [2.24, 2.45) is 0 Å². The predicted octanol–water partition coefficient (Wildman–Crippen LogP) is 2.44. The van der Waals surface area contributed by atoms with Gasteiger partial charge in [0.25, 0.3) is 0 Å². The van der Waals surface area contributed by atoms with Gasteiger partial charge < -0.3 is 13.9 Å². The van der Waals surface area contributed by atoms with Gasteiger partial charge in [0.15, 0.2) is 21.3 Å². The van der Waals surface area contributed by atoms with Gasteiger partial charge in [-0.3, -0.25) is 10.1 Å². The van der Waals surface area contributed by atoms with Crippen molar-refractivity contribution in [2.45, 2.75) is 18.2 Å². The maximum atomic E-state index is 12.2. The number of hydrogen-bond acceptors (Lipinski definition) is 8. The molecule has 0 unspecified atom stereocenters. The number of ether oxygens (including phenoxy) is 2. The molecule has 4 rings (SSSR count). The van der Waals surface area contributed by atoms with Crippen LogP contribution in [-0.2, 0) is 21.1 Å². The molecule has 0 spiro atoms. The van der Waals surface area contributed by atoms with Crippen LogP contribution in [0.2, 0.25) is 0 Å². The summed E-state index contributed by atoms with van der Waals surface area (Å²) in [5, 5.41) is 10.3. The first-order valence-corrected chi connectivity index (χ1v) is 10.4. The van der Waals surface area contributed by atoms with Crippen LogP contribution < -0.4 is 14.8 Å². The smallest absolute Gasteiger partial charge is 0.322 e. The lowest BCUT2D eigenvalue weighted by atomic mass is 10.1. The Morgan fingerprint density at radius 2 is 1.83 bits per heavy atom. The Morgan fingerprint density at radius 1 is 1.07 bits per heavy atom. The van der Waals surface area contributed by atoms with E-state index in [1.807, 2.05) is 0 Å². The number of hydrogen-bond donors (Lipinski definition) is 1. The minimum Gasteiger partial charge on any atom is -0.454 e. The maximum absolute atomic E-state index is 12.2. The number of benzene rings is 2. The lowest BCUT2D eigenvalue weighted by Gasteiger charge is -2.04. The molecule has 0 atom stereocenters. The second-order valence-corrected chi connectivity index (χ2v) is 8.53. The van der Waals surface area contributed by atoms with Gasteiger partial charge in [-0.15, -0.1) is 5.10 Å². The summed E-state index contributed by atoms with van der Waals surface area (Å²) in [7, 11) is -3.27. The van der Waals surface area contributed by atoms with Gasteiger partial charge in [0.1, 0.15) is 0 Å². The van der Waals surface area contributed by atoms with Gasteiger partial charge in [0, 0.05) is 5.56 Å². The lowest BCUT2D eigenvalue weighted by molar-refractivity contribution is -0.115. The van der Waals surface area contributed by atoms with Crippen LogP contribution in [0, 0.1) is 0 Å². The van der Waals surface area contributed by atoms with Crippen LogP contribution in [-0.4, -0.2) is 37.1 Å². The first kappa shape index (κ1) is 18.9. The molecular weight excluding hydrogens is 398 g/mol. The number of carbonyl (C=O) groups is 1. The van der Waals surface area contributed by atoms with E-state index in [-0.39, 0.29) is 41.7 Å². The number of nitrogens with one attached hydrogen (secondary N) is 1. The average molecular weight is 415 g/mol. The largest absolute Gasteiger partial charge is 0.454 e. The molecule has 0 saturated carbocycles. The molecule has 0 saturated heterocycles. The Labute approximate surface area is 166 Å². The maximum Gasteiger partial charge on any atom is 0.322 e. The molecular formula is C19H17N3O6S. The second-order valence-electron chi connectivity index (χ2n) is 6.25. The van der Waals surface area contributed by atoms with Crippen LogP contribution in [0.15, 0.2) is 51.8 Å². The minimum absolute atomic E-state index is 0.0235. The third-order valence-corrected chi connectivity index (χ3v) is 6.07. The van der Waals surface area contributed by atoms with Gasteiger partial charge in [-0.05, 0) is 35.9 Å². The molecule has 0 bridgehead atoms. The van der Waals surface area contributed by atoms with E-state index in [2.05, 4.69) is 15.5 Å². The third kappa shape index (κ3) is 4.06. The Kier molecular flexibility index (Phi) is 4.93. The van der Waals surface area contributed by atoms with Gasteiger partial charge in [0.2, 0.25) is 18.6 Å². The third-order valence-electron chi connectivity index (χ3n) is 4.32. The standard InChI is InChI=1S/C19H17N3O6S/c1-2-29(24,25)14-6-3-12(4-7-14)9-17(23)20-19-22-21-18(28-19)13-5-8-15-16(10-13)27-11-26-15/h3-8,10H,2,9,11H2,1H3,(H,20,22,23). The molecule has 1 N–H and O–H groups in total. The van der Waals surface area contributed by atoms with Gasteiger partial charge >= 0.3 is 6.01 Å². The zero-order valence-electron chi connectivity index (χ0n) is 15.4. The van der Waals surface area contributed by atoms with Crippen molar-refractivity contribution in [3.63, 3.8) is 0 Å². The summed E-state index contributed by atoms with van der Waals surface area (Å²) in [6.07, 6.45) is 0.0359. The highest BCUT2D eigenvalue weighted by molar-refractivity contribution is 7.91. The van der Waals surface area contributed by atoms with Crippen molar-refractivity contribution in [1.82, 2.24) is 10.2 Å². The molecule has 0 aliphatic carbocycles. The van der Waals surface area contributed by atoms with E-state index in [4.69, 9.17) is 13.9 Å². The normalized spacial score (nSPS) is 12.7. The molecule has 150 valence electrons. The molecule has 2 heterocycles. The fourth-order valence-electron chi connectivity index (χ4n) is 2.75. The number of nitrogens with zero attached hydrogens (tertiary/aromatic N) is 2. The topological polar surface area (TPSA) is 121 Å². The van der Waals surface area contributed by atoms with E-state index >= 15 is 0 Å². The Bertz CT molecular complexity index is 1150. The first-order valence-electron chi connectivity index (χ1n) is 8.79. The summed E-state index contributed by atoms with van der Waals surface area (Å²) in [4.78, 5) is 12.5. The predicted molar refractivity (Wildman–Crippen MR) is 102 cm³/mol. The summed E-state index contributed by atoms with van der Waals surface area (Å²) >= 11 is 0. The zero-order valence-corrected chi connectivity index (χ0v) is 16.2. The number of rotatable bonds is 6. The molecule has 1 aromatic heterocycles. The number of carbonyl (C=O) groups excluding carboxylic acids is 1. The van der Waals surface area contributed by atoms with Gasteiger partial charge in [-0.2, -0.15) is 0 Å². The zero-order chi connectivity index (χ0) is 20.4. The highest BCUT2D eigenvalue weighted by Gasteiger charge is 2.18. The number of sulfone groups is 1. The summed E-state index contributed by atoms with van der Waals surface area (Å²) in [6, 6.07) is 11.4. The Hall–Kier alpha value is -3.40. The van der Waals surface area contributed by atoms with Crippen LogP contribution in [0.1, 0.15) is 12.5 Å². The summed E-state index contributed by atoms with van der Waals surface area (Å²) < 4.78 is 39.7. The fourth-order valence-corrected chi connectivity index (χ4v) is 3.63. The molecule has 10 heteroatoms. The molecule has 3 aromatic rings. The Balaban J connectivity index is 1.40. The monoisotopic (exact) mass is 415 g/mol. The minimum atomic E-state index is -3.27. The van der Waals surface area contributed by atoms with Crippen molar-refractivity contribution >= 4 is 21.8 Å². The van der Waals surface area contributed by atoms with Crippen molar-refractivity contribution in [2.75, 3.05) is 17.9 Å². The van der Waals surface area contributed by atoms with E-state index in [1.54, 1.807) is 37.3 Å². The van der Waals surface area contributed by atoms with Crippen LogP contribution in [0.5, 0.6) is 11.5 Å². The summed E-state index contributed by atoms with van der Waals surface area (Å²) in [6.45, 7) is 1.74. The van der Waals surface area contributed by atoms with Crippen LogP contribution in [0.25, 0.3) is 11.5 Å². The number of anilines is 1. The van der Waals surface area contributed by atoms with Gasteiger partial charge in [-0.25, -0.2) is 8.42 Å². The summed E-state index contributed by atoms with van der Waals surface area (Å²) in [5.74, 6) is 1.11. The molecule has 29 heavy (non-hydrogen) atoms. The molecule has 9 nitrogen and oxygen atoms in total. The van der Waals surface area contributed by atoms with E-state index in [0.29, 0.717) is 22.6 Å². The van der Waals surface area contributed by atoms with E-state index in [1.165, 1.54) is 12.1 Å². The highest BCUT2D eigenvalue weighted by Crippen LogP contribution is 2.35. The van der Waals surface area contributed by atoms with E-state index < -0.39 is 9.84 Å². The fraction of sp³-hybridized carbons (Fsp3) is 0.211. The van der Waals surface area contributed by atoms with Crippen LogP contribution in [0.3, 0.4) is 0 Å². The van der Waals surface area contributed by atoms with Crippen molar-refractivity contribution < 1.29 is 27.1 Å². The van der Waals surface area contributed by atoms with Crippen molar-refractivity contribution in [3.05, 3.63) is 48.0 Å². The number of aromatic nitrogens is 2. The quantitative estimate of drug-likeness (QED) is 0.652. The SMILES string of the molecule is CCS(=O)(=O)c1ccc(CC(=O)Nc2nnc(-c3ccc4c(c3)OCO4)o2)cc1. The number of amides is 1. The molecule has 0 radical (unpaired) electrons. The van der Waals surface area contributed by atoms with Crippen LogP contribution >= 0.6 is 0 Å². The van der Waals surface area contributed by atoms with Gasteiger partial charge in [-0.1, -0.05) is 24.2 Å². The molecule has 2 aromatic carbocycles. The molecule has 1 amide bonds. The molecule has 1 aliphatic rings. The van der Waals surface area contributed by atoms with E-state index in [9.17, 15) is 13.2 Å². The number of fused-ring (bicyclic) bond motifs is 1. The van der Waals surface area contributed by atoms with Crippen LogP contribution in [0.4, 0.5) is 6.01 Å². The molecule has 1 aliphatic heterocycles. The van der Waals surface area contributed by atoms with Crippen molar-refractivity contribution in [3.8, 4) is 23.0 Å². The van der Waals surface area contributed by atoms with Gasteiger partial charge in [0.05, 0.1) is 17.1 Å². The first-order chi connectivity index (χ1) is 13.9. The van der Waals surface area contributed by atoms with E-state index in [0.717, 1.165) is 0 Å². The lowest BCUT2D eigenvalue weighted by Crippen LogP contribution is -2.14.